The average Bonchev–Trinajstić information content (AvgIpc) is 2.66. The molecular weight excluding hydrogens is 240 g/mol. The predicted octanol–water partition coefficient (Wildman–Crippen LogP) is -0.422. The molecule has 2 saturated heterocycles. The number of rotatable bonds is 0. The minimum atomic E-state index is -1.18. The normalized spacial score (nSPS) is 48.0. The van der Waals surface area contributed by atoms with Crippen LogP contribution in [0, 0.1) is 29.1 Å². The van der Waals surface area contributed by atoms with Gasteiger partial charge in [0.15, 0.2) is 0 Å². The Morgan fingerprint density at radius 3 is 2.61 bits per heavy atom. The van der Waals surface area contributed by atoms with Gasteiger partial charge in [-0.1, -0.05) is 12.2 Å². The lowest BCUT2D eigenvalue weighted by molar-refractivity contribution is -0.191. The molecule has 0 N–H and O–H groups in total. The molecular formula is C12H8O6. The van der Waals surface area contributed by atoms with Gasteiger partial charge in [-0.05, 0) is 6.42 Å². The lowest BCUT2D eigenvalue weighted by atomic mass is 9.50. The summed E-state index contributed by atoms with van der Waals surface area (Å²) in [5, 5.41) is 0. The minimum Gasteiger partial charge on any atom is -0.393 e. The quantitative estimate of drug-likeness (QED) is 0.328. The van der Waals surface area contributed by atoms with Gasteiger partial charge in [0.2, 0.25) is 0 Å². The highest BCUT2D eigenvalue weighted by Gasteiger charge is 2.71. The Balaban J connectivity index is 1.96. The molecule has 6 nitrogen and oxygen atoms in total. The van der Waals surface area contributed by atoms with Crippen LogP contribution in [0.4, 0.5) is 0 Å². The van der Waals surface area contributed by atoms with Gasteiger partial charge in [-0.25, -0.2) is 0 Å². The standard InChI is InChI=1S/C12H8O6/c13-8-5-3-12(11(16)18-8)2-1-4(5)6-7(12)10(15)17-9(6)14/h1-2,4-7H,3H2. The highest BCUT2D eigenvalue weighted by molar-refractivity contribution is 6.05. The maximum atomic E-state index is 12.0. The molecule has 5 aliphatic rings. The van der Waals surface area contributed by atoms with Crippen LogP contribution in [-0.2, 0) is 28.7 Å². The Hall–Kier alpha value is -1.98. The third-order valence-electron chi connectivity index (χ3n) is 4.57. The fraction of sp³-hybridized carbons (Fsp3) is 0.500. The summed E-state index contributed by atoms with van der Waals surface area (Å²) < 4.78 is 9.36. The Labute approximate surface area is 101 Å². The van der Waals surface area contributed by atoms with E-state index in [9.17, 15) is 19.2 Å². The zero-order valence-electron chi connectivity index (χ0n) is 9.12. The Morgan fingerprint density at radius 2 is 1.83 bits per heavy atom. The van der Waals surface area contributed by atoms with Crippen molar-refractivity contribution in [3.05, 3.63) is 12.2 Å². The molecule has 0 aromatic heterocycles. The first-order chi connectivity index (χ1) is 8.54. The number of hydrogen-bond acceptors (Lipinski definition) is 6. The van der Waals surface area contributed by atoms with Gasteiger partial charge in [0.05, 0.1) is 17.8 Å². The third kappa shape index (κ3) is 0.845. The number of allylic oxidation sites excluding steroid dienone is 1. The molecule has 1 saturated carbocycles. The Bertz CT molecular complexity index is 561. The minimum absolute atomic E-state index is 0.245. The molecule has 5 atom stereocenters. The molecule has 5 unspecified atom stereocenters. The molecule has 3 fully saturated rings. The van der Waals surface area contributed by atoms with Gasteiger partial charge in [-0.15, -0.1) is 0 Å². The SMILES string of the molecule is O=C1OC(=O)C23C=CC(C1C2)C1C(=O)OC(=O)C13. The molecule has 92 valence electrons. The summed E-state index contributed by atoms with van der Waals surface area (Å²) in [6.07, 6.45) is 3.55. The Morgan fingerprint density at radius 1 is 1.06 bits per heavy atom. The number of ether oxygens (including phenoxy) is 2. The van der Waals surface area contributed by atoms with Crippen molar-refractivity contribution in [3.63, 3.8) is 0 Å². The second-order valence-corrected chi connectivity index (χ2v) is 5.24. The van der Waals surface area contributed by atoms with Crippen molar-refractivity contribution in [1.29, 1.82) is 0 Å². The molecule has 2 heterocycles. The van der Waals surface area contributed by atoms with Crippen molar-refractivity contribution in [2.24, 2.45) is 29.1 Å². The van der Waals surface area contributed by atoms with E-state index in [2.05, 4.69) is 4.74 Å². The van der Waals surface area contributed by atoms with Crippen molar-refractivity contribution in [1.82, 2.24) is 0 Å². The van der Waals surface area contributed by atoms with Crippen LogP contribution in [0.25, 0.3) is 0 Å². The topological polar surface area (TPSA) is 86.7 Å². The summed E-state index contributed by atoms with van der Waals surface area (Å²) in [4.78, 5) is 47.1. The van der Waals surface area contributed by atoms with E-state index in [1.807, 2.05) is 0 Å². The van der Waals surface area contributed by atoms with Crippen LogP contribution in [-0.4, -0.2) is 23.9 Å². The van der Waals surface area contributed by atoms with E-state index in [4.69, 9.17) is 4.74 Å². The zero-order valence-corrected chi connectivity index (χ0v) is 9.12. The molecule has 3 aliphatic carbocycles. The molecule has 0 aromatic rings. The molecule has 2 aliphatic heterocycles. The first-order valence-electron chi connectivity index (χ1n) is 5.75. The van der Waals surface area contributed by atoms with Gasteiger partial charge in [0, 0.05) is 5.92 Å². The van der Waals surface area contributed by atoms with Gasteiger partial charge in [-0.2, -0.15) is 0 Å². The number of cyclic esters (lactones) is 4. The second kappa shape index (κ2) is 2.71. The van der Waals surface area contributed by atoms with Gasteiger partial charge >= 0.3 is 23.9 Å². The van der Waals surface area contributed by atoms with Gasteiger partial charge in [0.25, 0.3) is 0 Å². The van der Waals surface area contributed by atoms with E-state index in [0.29, 0.717) is 0 Å². The largest absolute Gasteiger partial charge is 0.393 e. The first-order valence-corrected chi connectivity index (χ1v) is 5.75. The summed E-state index contributed by atoms with van der Waals surface area (Å²) >= 11 is 0. The number of esters is 4. The zero-order chi connectivity index (χ0) is 12.7. The number of hydrogen-bond donors (Lipinski definition) is 0. The summed E-state index contributed by atoms with van der Waals surface area (Å²) in [6, 6.07) is 0. The average molecular weight is 248 g/mol. The molecule has 0 radical (unpaired) electrons. The van der Waals surface area contributed by atoms with Gasteiger partial charge < -0.3 is 9.47 Å². The maximum Gasteiger partial charge on any atom is 0.324 e. The van der Waals surface area contributed by atoms with Gasteiger partial charge in [-0.3, -0.25) is 19.2 Å². The fourth-order valence-electron chi connectivity index (χ4n) is 3.79. The van der Waals surface area contributed by atoms with Crippen LogP contribution in [0.3, 0.4) is 0 Å². The fourth-order valence-corrected chi connectivity index (χ4v) is 3.79. The van der Waals surface area contributed by atoms with Crippen LogP contribution < -0.4 is 0 Å². The van der Waals surface area contributed by atoms with E-state index in [1.165, 1.54) is 0 Å². The van der Waals surface area contributed by atoms with Crippen LogP contribution in [0.2, 0.25) is 0 Å². The van der Waals surface area contributed by atoms with Crippen LogP contribution in [0.15, 0.2) is 12.2 Å². The molecule has 5 rings (SSSR count). The molecule has 6 heteroatoms. The van der Waals surface area contributed by atoms with Crippen molar-refractivity contribution < 1.29 is 28.7 Å². The van der Waals surface area contributed by atoms with E-state index in [-0.39, 0.29) is 6.42 Å². The van der Waals surface area contributed by atoms with E-state index in [1.54, 1.807) is 12.2 Å². The van der Waals surface area contributed by atoms with Crippen LogP contribution in [0.1, 0.15) is 6.42 Å². The molecule has 0 aromatic carbocycles. The van der Waals surface area contributed by atoms with Crippen molar-refractivity contribution in [2.45, 2.75) is 6.42 Å². The summed E-state index contributed by atoms with van der Waals surface area (Å²) in [5.74, 6) is -5.09. The highest BCUT2D eigenvalue weighted by Crippen LogP contribution is 2.60. The summed E-state index contributed by atoms with van der Waals surface area (Å²) in [7, 11) is 0. The summed E-state index contributed by atoms with van der Waals surface area (Å²) in [5.41, 5.74) is -1.18. The Kier molecular flexibility index (Phi) is 1.50. The van der Waals surface area contributed by atoms with Crippen LogP contribution in [0.5, 0.6) is 0 Å². The van der Waals surface area contributed by atoms with Crippen molar-refractivity contribution in [2.75, 3.05) is 0 Å². The van der Waals surface area contributed by atoms with E-state index < -0.39 is 53.0 Å². The number of carbonyl (C=O) groups is 4. The van der Waals surface area contributed by atoms with Crippen LogP contribution >= 0.6 is 0 Å². The second-order valence-electron chi connectivity index (χ2n) is 5.24. The van der Waals surface area contributed by atoms with E-state index >= 15 is 0 Å². The lowest BCUT2D eigenvalue weighted by Crippen LogP contribution is -2.60. The first kappa shape index (κ1) is 9.99. The van der Waals surface area contributed by atoms with Gasteiger partial charge in [0.1, 0.15) is 5.41 Å². The summed E-state index contributed by atoms with van der Waals surface area (Å²) in [6.45, 7) is 0. The molecule has 0 amide bonds. The van der Waals surface area contributed by atoms with E-state index in [0.717, 1.165) is 0 Å². The predicted molar refractivity (Wildman–Crippen MR) is 52.3 cm³/mol. The monoisotopic (exact) mass is 248 g/mol. The number of carbonyl (C=O) groups excluding carboxylic acids is 4. The third-order valence-corrected chi connectivity index (χ3v) is 4.57. The molecule has 18 heavy (non-hydrogen) atoms. The lowest BCUT2D eigenvalue weighted by Gasteiger charge is -2.50. The molecule has 1 spiro atoms. The smallest absolute Gasteiger partial charge is 0.324 e. The highest BCUT2D eigenvalue weighted by atomic mass is 16.6. The maximum absolute atomic E-state index is 12.0. The van der Waals surface area contributed by atoms with Crippen molar-refractivity contribution >= 4 is 23.9 Å². The van der Waals surface area contributed by atoms with Crippen molar-refractivity contribution in [3.8, 4) is 0 Å². The molecule has 3 bridgehead atoms.